The predicted molar refractivity (Wildman–Crippen MR) is 63.5 cm³/mol. The molecule has 0 amide bonds. The quantitative estimate of drug-likeness (QED) is 0.599. The highest BCUT2D eigenvalue weighted by Gasteiger charge is 2.18. The van der Waals surface area contributed by atoms with Crippen LogP contribution in [0.15, 0.2) is 43.7 Å². The van der Waals surface area contributed by atoms with Crippen molar-refractivity contribution < 1.29 is 12.7 Å². The molecule has 0 saturated carbocycles. The predicted octanol–water partition coefficient (Wildman–Crippen LogP) is -3.39. The summed E-state index contributed by atoms with van der Waals surface area (Å²) in [4.78, 5) is 47.7. The van der Waals surface area contributed by atoms with Gasteiger partial charge in [0.25, 0.3) is 11.1 Å². The lowest BCUT2D eigenvalue weighted by atomic mass is 10.7. The topological polar surface area (TPSA) is 153 Å². The Morgan fingerprint density at radius 3 is 2.00 bits per heavy atom. The molecule has 2 heterocycles. The fourth-order valence-corrected chi connectivity index (χ4v) is 2.03. The van der Waals surface area contributed by atoms with E-state index in [0.717, 1.165) is 18.3 Å². The van der Waals surface area contributed by atoms with Crippen LogP contribution in [0.4, 0.5) is 0 Å². The highest BCUT2D eigenvalue weighted by atomic mass is 32.2. The lowest BCUT2D eigenvalue weighted by Gasteiger charge is -2.07. The van der Waals surface area contributed by atoms with Crippen molar-refractivity contribution in [1.82, 2.24) is 18.7 Å². The third-order valence-electron chi connectivity index (χ3n) is 2.00. The smallest absolute Gasteiger partial charge is 0.273 e. The molecule has 0 spiro atoms. The van der Waals surface area contributed by atoms with Crippen molar-refractivity contribution in [1.29, 1.82) is 0 Å². The molecular weight excluding hydrogens is 296 g/mol. The minimum Gasteiger partial charge on any atom is -0.273 e. The van der Waals surface area contributed by atoms with Crippen LogP contribution in [0.25, 0.3) is 0 Å². The second-order valence-electron chi connectivity index (χ2n) is 3.37. The summed E-state index contributed by atoms with van der Waals surface area (Å²) in [7, 11) is -4.72. The average molecular weight is 302 g/mol. The number of aromatic nitrogens is 4. The van der Waals surface area contributed by atoms with Crippen LogP contribution in [-0.2, 0) is 10.3 Å². The van der Waals surface area contributed by atoms with E-state index < -0.39 is 32.8 Å². The van der Waals surface area contributed by atoms with Crippen LogP contribution < -0.4 is 26.8 Å². The summed E-state index contributed by atoms with van der Waals surface area (Å²) < 4.78 is 28.1. The van der Waals surface area contributed by atoms with Gasteiger partial charge in [-0.05, 0) is 0 Å². The summed E-state index contributed by atoms with van der Waals surface area (Å²) in [6, 6.07) is 1.62. The normalized spacial score (nSPS) is 11.2. The van der Waals surface area contributed by atoms with Gasteiger partial charge in [0.05, 0.1) is 6.20 Å². The third kappa shape index (κ3) is 2.59. The van der Waals surface area contributed by atoms with Gasteiger partial charge in [-0.15, -0.1) is 4.73 Å². The molecule has 2 rings (SSSR count). The zero-order chi connectivity index (χ0) is 14.9. The summed E-state index contributed by atoms with van der Waals surface area (Å²) in [5.41, 5.74) is -3.98. The van der Waals surface area contributed by atoms with Crippen LogP contribution in [0.1, 0.15) is 0 Å². The number of H-pyrrole nitrogens is 2. The molecule has 0 aliphatic heterocycles. The van der Waals surface area contributed by atoms with Gasteiger partial charge in [0.15, 0.2) is 0 Å². The molecule has 0 atom stereocenters. The van der Waals surface area contributed by atoms with Crippen LogP contribution in [0.3, 0.4) is 0 Å². The minimum atomic E-state index is -4.72. The van der Waals surface area contributed by atoms with Gasteiger partial charge in [0.2, 0.25) is 0 Å². The Bertz CT molecular complexity index is 977. The monoisotopic (exact) mass is 302 g/mol. The first-order valence-corrected chi connectivity index (χ1v) is 6.25. The summed E-state index contributed by atoms with van der Waals surface area (Å²) in [5.74, 6) is 0. The molecule has 0 aliphatic rings. The molecule has 106 valence electrons. The Labute approximate surface area is 108 Å². The van der Waals surface area contributed by atoms with E-state index in [0.29, 0.717) is 6.20 Å². The maximum atomic E-state index is 11.7. The molecule has 0 saturated heterocycles. The molecule has 2 aromatic heterocycles. The molecule has 11 nitrogen and oxygen atoms in total. The Morgan fingerprint density at radius 2 is 1.45 bits per heavy atom. The Morgan fingerprint density at radius 1 is 0.900 bits per heavy atom. The second kappa shape index (κ2) is 4.65. The van der Waals surface area contributed by atoms with Gasteiger partial charge < -0.3 is 0 Å². The third-order valence-corrected chi connectivity index (χ3v) is 3.12. The molecule has 0 fully saturated rings. The van der Waals surface area contributed by atoms with Crippen LogP contribution in [0.5, 0.6) is 0 Å². The van der Waals surface area contributed by atoms with Crippen molar-refractivity contribution in [3.63, 3.8) is 0 Å². The van der Waals surface area contributed by atoms with Crippen molar-refractivity contribution in [3.05, 3.63) is 66.2 Å². The second-order valence-corrected chi connectivity index (χ2v) is 4.77. The summed E-state index contributed by atoms with van der Waals surface area (Å²) in [6.07, 6.45) is 1.42. The van der Waals surface area contributed by atoms with Crippen LogP contribution in [0.2, 0.25) is 0 Å². The zero-order valence-corrected chi connectivity index (χ0v) is 10.3. The van der Waals surface area contributed by atoms with E-state index in [4.69, 9.17) is 0 Å². The lowest BCUT2D eigenvalue weighted by molar-refractivity contribution is 0.256. The zero-order valence-electron chi connectivity index (χ0n) is 9.47. The van der Waals surface area contributed by atoms with Crippen molar-refractivity contribution >= 4 is 10.3 Å². The molecular formula is C8H6N4O7S. The van der Waals surface area contributed by atoms with E-state index in [-0.39, 0.29) is 8.70 Å². The highest BCUT2D eigenvalue weighted by molar-refractivity contribution is 7.85. The van der Waals surface area contributed by atoms with Crippen molar-refractivity contribution in [3.8, 4) is 0 Å². The van der Waals surface area contributed by atoms with Gasteiger partial charge in [-0.3, -0.25) is 23.8 Å². The molecule has 20 heavy (non-hydrogen) atoms. The van der Waals surface area contributed by atoms with Gasteiger partial charge >= 0.3 is 21.7 Å². The van der Waals surface area contributed by atoms with E-state index in [9.17, 15) is 27.6 Å². The summed E-state index contributed by atoms with van der Waals surface area (Å²) >= 11 is 0. The first-order valence-electron chi connectivity index (χ1n) is 4.89. The van der Waals surface area contributed by atoms with E-state index in [1.54, 1.807) is 9.97 Å². The molecule has 12 heteroatoms. The van der Waals surface area contributed by atoms with E-state index >= 15 is 0 Å². The van der Waals surface area contributed by atoms with Gasteiger partial charge in [0.1, 0.15) is 0 Å². The number of nitrogens with one attached hydrogen (secondary N) is 2. The first-order chi connectivity index (χ1) is 9.29. The maximum absolute atomic E-state index is 11.7. The molecule has 0 bridgehead atoms. The SMILES string of the molecule is O=c1ccn(OS(=O)(=O)n2ccc(=O)[nH]c2=O)c(=O)[nH]1. The number of rotatable bonds is 3. The lowest BCUT2D eigenvalue weighted by Crippen LogP contribution is -2.42. The largest absolute Gasteiger partial charge is 0.435 e. The highest BCUT2D eigenvalue weighted by Crippen LogP contribution is 1.89. The maximum Gasteiger partial charge on any atom is 0.435 e. The minimum absolute atomic E-state index is 0.0753. The average Bonchev–Trinajstić information content (AvgIpc) is 2.32. The number of aromatic amines is 2. The number of hydrogen-bond donors (Lipinski definition) is 2. The van der Waals surface area contributed by atoms with Gasteiger partial charge in [-0.1, -0.05) is 0 Å². The molecule has 0 unspecified atom stereocenters. The number of nitrogens with zero attached hydrogens (tertiary/aromatic N) is 2. The van der Waals surface area contributed by atoms with E-state index in [1.165, 1.54) is 0 Å². The van der Waals surface area contributed by atoms with Crippen LogP contribution in [0, 0.1) is 0 Å². The fourth-order valence-electron chi connectivity index (χ4n) is 1.18. The van der Waals surface area contributed by atoms with Crippen molar-refractivity contribution in [2.24, 2.45) is 0 Å². The summed E-state index contributed by atoms with van der Waals surface area (Å²) in [5, 5.41) is 0. The standard InChI is InChI=1S/C8H6N4O7S/c13-5-1-3-11(7(15)9-5)19-20(17,18)12-4-2-6(14)10-8(12)16/h1-4H,(H,9,13,15)(H,10,14,16). The molecule has 2 N–H and O–H groups in total. The van der Waals surface area contributed by atoms with Crippen molar-refractivity contribution in [2.45, 2.75) is 0 Å². The van der Waals surface area contributed by atoms with Gasteiger partial charge in [0, 0.05) is 18.3 Å². The van der Waals surface area contributed by atoms with E-state index in [2.05, 4.69) is 4.28 Å². The Balaban J connectivity index is 2.51. The van der Waals surface area contributed by atoms with E-state index in [1.807, 2.05) is 0 Å². The number of hydrogen-bond acceptors (Lipinski definition) is 7. The molecule has 0 aromatic carbocycles. The Hall–Kier alpha value is -2.89. The first kappa shape index (κ1) is 13.5. The molecule has 0 aliphatic carbocycles. The van der Waals surface area contributed by atoms with Gasteiger partial charge in [-0.2, -0.15) is 12.4 Å². The van der Waals surface area contributed by atoms with Gasteiger partial charge in [-0.25, -0.2) is 9.59 Å². The van der Waals surface area contributed by atoms with Crippen LogP contribution in [-0.4, -0.2) is 27.1 Å². The summed E-state index contributed by atoms with van der Waals surface area (Å²) in [6.45, 7) is 0. The van der Waals surface area contributed by atoms with Crippen LogP contribution >= 0.6 is 0 Å². The molecule has 0 radical (unpaired) electrons. The Kier molecular flexibility index (Phi) is 3.15. The van der Waals surface area contributed by atoms with Crippen molar-refractivity contribution in [2.75, 3.05) is 0 Å². The molecule has 2 aromatic rings. The fraction of sp³-hybridized carbons (Fsp3) is 0.